The number of amides is 1. The summed E-state index contributed by atoms with van der Waals surface area (Å²) >= 11 is 5.93. The van der Waals surface area contributed by atoms with Crippen LogP contribution >= 0.6 is 11.6 Å². The Labute approximate surface area is 127 Å². The van der Waals surface area contributed by atoms with Crippen LogP contribution in [0.15, 0.2) is 18.2 Å². The smallest absolute Gasteiger partial charge is 0.283 e. The van der Waals surface area contributed by atoms with E-state index < -0.39 is 16.4 Å². The van der Waals surface area contributed by atoms with Crippen LogP contribution in [0, 0.1) is 10.1 Å². The summed E-state index contributed by atoms with van der Waals surface area (Å²) in [6.45, 7) is 0.300. The summed E-state index contributed by atoms with van der Waals surface area (Å²) in [5.41, 5.74) is 5.41. The second-order valence-electron chi connectivity index (χ2n) is 5.50. The Morgan fingerprint density at radius 1 is 1.38 bits per heavy atom. The SMILES string of the molecule is NC1(CNC(=O)c2c(Cl)cccc2[N+](=O)[O-])CCCCC1. The number of rotatable bonds is 4. The third-order valence-electron chi connectivity index (χ3n) is 3.87. The van der Waals surface area contributed by atoms with Gasteiger partial charge in [0.1, 0.15) is 5.56 Å². The van der Waals surface area contributed by atoms with E-state index in [0.29, 0.717) is 6.54 Å². The van der Waals surface area contributed by atoms with Gasteiger partial charge in [-0.1, -0.05) is 36.9 Å². The molecule has 1 aliphatic carbocycles. The van der Waals surface area contributed by atoms with Gasteiger partial charge in [0, 0.05) is 18.2 Å². The molecule has 1 amide bonds. The van der Waals surface area contributed by atoms with Gasteiger partial charge in [0.15, 0.2) is 0 Å². The van der Waals surface area contributed by atoms with Crippen molar-refractivity contribution in [1.29, 1.82) is 0 Å². The Bertz CT molecular complexity index is 556. The minimum atomic E-state index is -0.611. The normalized spacial score (nSPS) is 17.2. The Hall–Kier alpha value is -1.66. The molecule has 1 aromatic rings. The van der Waals surface area contributed by atoms with Gasteiger partial charge in [-0.25, -0.2) is 0 Å². The van der Waals surface area contributed by atoms with Gasteiger partial charge in [0.2, 0.25) is 0 Å². The first-order chi connectivity index (χ1) is 9.93. The molecule has 0 spiro atoms. The molecule has 0 unspecified atom stereocenters. The van der Waals surface area contributed by atoms with Crippen LogP contribution in [0.5, 0.6) is 0 Å². The van der Waals surface area contributed by atoms with Crippen LogP contribution < -0.4 is 11.1 Å². The molecule has 0 aliphatic heterocycles. The summed E-state index contributed by atoms with van der Waals surface area (Å²) < 4.78 is 0. The zero-order valence-corrected chi connectivity index (χ0v) is 12.4. The molecule has 1 aromatic carbocycles. The van der Waals surface area contributed by atoms with E-state index in [0.717, 1.165) is 32.1 Å². The van der Waals surface area contributed by atoms with Crippen molar-refractivity contribution in [2.75, 3.05) is 6.54 Å². The van der Waals surface area contributed by atoms with Crippen molar-refractivity contribution in [2.24, 2.45) is 5.73 Å². The van der Waals surface area contributed by atoms with Crippen LogP contribution in [0.2, 0.25) is 5.02 Å². The molecule has 0 bridgehead atoms. The molecule has 0 saturated heterocycles. The predicted octanol–water partition coefficient (Wildman–Crippen LogP) is 2.64. The van der Waals surface area contributed by atoms with E-state index >= 15 is 0 Å². The number of carbonyl (C=O) groups excluding carboxylic acids is 1. The molecule has 21 heavy (non-hydrogen) atoms. The van der Waals surface area contributed by atoms with Gasteiger partial charge in [-0.05, 0) is 18.9 Å². The molecule has 0 atom stereocenters. The maximum absolute atomic E-state index is 12.2. The summed E-state index contributed by atoms with van der Waals surface area (Å²) in [4.78, 5) is 22.6. The number of benzene rings is 1. The highest BCUT2D eigenvalue weighted by Crippen LogP contribution is 2.27. The summed E-state index contributed by atoms with van der Waals surface area (Å²) in [5, 5.41) is 13.7. The second-order valence-corrected chi connectivity index (χ2v) is 5.90. The number of nitro groups is 1. The molecule has 1 aliphatic rings. The minimum Gasteiger partial charge on any atom is -0.350 e. The molecule has 3 N–H and O–H groups in total. The number of nitrogens with two attached hydrogens (primary N) is 1. The fourth-order valence-corrected chi connectivity index (χ4v) is 2.92. The van der Waals surface area contributed by atoms with Gasteiger partial charge in [0.05, 0.1) is 9.95 Å². The van der Waals surface area contributed by atoms with Crippen molar-refractivity contribution in [3.63, 3.8) is 0 Å². The van der Waals surface area contributed by atoms with Gasteiger partial charge < -0.3 is 11.1 Å². The first kappa shape index (κ1) is 15.7. The van der Waals surface area contributed by atoms with E-state index in [1.54, 1.807) is 0 Å². The Balaban J connectivity index is 2.12. The van der Waals surface area contributed by atoms with Gasteiger partial charge in [-0.2, -0.15) is 0 Å². The highest BCUT2D eigenvalue weighted by Gasteiger charge is 2.29. The van der Waals surface area contributed by atoms with Crippen LogP contribution in [-0.4, -0.2) is 22.9 Å². The van der Waals surface area contributed by atoms with E-state index in [9.17, 15) is 14.9 Å². The predicted molar refractivity (Wildman–Crippen MR) is 80.4 cm³/mol. The Kier molecular flexibility index (Phi) is 4.80. The lowest BCUT2D eigenvalue weighted by Gasteiger charge is -2.33. The fourth-order valence-electron chi connectivity index (χ4n) is 2.67. The van der Waals surface area contributed by atoms with E-state index in [2.05, 4.69) is 5.32 Å². The molecular weight excluding hydrogens is 294 g/mol. The topological polar surface area (TPSA) is 98.3 Å². The van der Waals surface area contributed by atoms with E-state index in [-0.39, 0.29) is 16.3 Å². The van der Waals surface area contributed by atoms with Crippen LogP contribution in [0.1, 0.15) is 42.5 Å². The molecule has 2 rings (SSSR count). The third kappa shape index (κ3) is 3.71. The van der Waals surface area contributed by atoms with Crippen LogP contribution in [0.4, 0.5) is 5.69 Å². The number of nitrogens with zero attached hydrogens (tertiary/aromatic N) is 1. The summed E-state index contributed by atoms with van der Waals surface area (Å²) in [6.07, 6.45) is 4.93. The monoisotopic (exact) mass is 311 g/mol. The van der Waals surface area contributed by atoms with E-state index in [4.69, 9.17) is 17.3 Å². The molecule has 0 radical (unpaired) electrons. The first-order valence-electron chi connectivity index (χ1n) is 6.93. The van der Waals surface area contributed by atoms with Crippen LogP contribution in [0.3, 0.4) is 0 Å². The molecule has 0 heterocycles. The summed E-state index contributed by atoms with van der Waals surface area (Å²) in [6, 6.07) is 4.17. The quantitative estimate of drug-likeness (QED) is 0.659. The molecule has 114 valence electrons. The molecule has 7 heteroatoms. The van der Waals surface area contributed by atoms with Gasteiger partial charge in [0.25, 0.3) is 11.6 Å². The van der Waals surface area contributed by atoms with Crippen molar-refractivity contribution in [1.82, 2.24) is 5.32 Å². The molecule has 1 fully saturated rings. The lowest BCUT2D eigenvalue weighted by Crippen LogP contribution is -2.51. The summed E-state index contributed by atoms with van der Waals surface area (Å²) in [5.74, 6) is -0.553. The lowest BCUT2D eigenvalue weighted by molar-refractivity contribution is -0.385. The molecule has 6 nitrogen and oxygen atoms in total. The average Bonchev–Trinajstić information content (AvgIpc) is 2.45. The zero-order chi connectivity index (χ0) is 15.5. The van der Waals surface area contributed by atoms with Crippen molar-refractivity contribution in [3.8, 4) is 0 Å². The van der Waals surface area contributed by atoms with Crippen LogP contribution in [-0.2, 0) is 0 Å². The van der Waals surface area contributed by atoms with E-state index in [1.807, 2.05) is 0 Å². The standard InChI is InChI=1S/C14H18ClN3O3/c15-10-5-4-6-11(18(20)21)12(10)13(19)17-9-14(16)7-2-1-3-8-14/h4-6H,1-3,7-9,16H2,(H,17,19). The van der Waals surface area contributed by atoms with Crippen molar-refractivity contribution in [3.05, 3.63) is 38.9 Å². The van der Waals surface area contributed by atoms with Crippen LogP contribution in [0.25, 0.3) is 0 Å². The van der Waals surface area contributed by atoms with Crippen molar-refractivity contribution in [2.45, 2.75) is 37.6 Å². The lowest BCUT2D eigenvalue weighted by atomic mass is 9.82. The Morgan fingerprint density at radius 2 is 2.05 bits per heavy atom. The maximum Gasteiger partial charge on any atom is 0.283 e. The summed E-state index contributed by atoms with van der Waals surface area (Å²) in [7, 11) is 0. The largest absolute Gasteiger partial charge is 0.350 e. The van der Waals surface area contributed by atoms with E-state index in [1.165, 1.54) is 18.2 Å². The molecule has 0 aromatic heterocycles. The number of hydrogen-bond acceptors (Lipinski definition) is 4. The number of carbonyl (C=O) groups is 1. The molecule has 1 saturated carbocycles. The number of nitrogens with one attached hydrogen (secondary N) is 1. The second kappa shape index (κ2) is 6.41. The first-order valence-corrected chi connectivity index (χ1v) is 7.31. The maximum atomic E-state index is 12.2. The number of nitro benzene ring substituents is 1. The average molecular weight is 312 g/mol. The highest BCUT2D eigenvalue weighted by molar-refractivity contribution is 6.34. The third-order valence-corrected chi connectivity index (χ3v) is 4.18. The van der Waals surface area contributed by atoms with Gasteiger partial charge in [-0.15, -0.1) is 0 Å². The highest BCUT2D eigenvalue weighted by atomic mass is 35.5. The number of halogens is 1. The van der Waals surface area contributed by atoms with Gasteiger partial charge >= 0.3 is 0 Å². The van der Waals surface area contributed by atoms with Crippen molar-refractivity contribution >= 4 is 23.2 Å². The number of hydrogen-bond donors (Lipinski definition) is 2. The zero-order valence-electron chi connectivity index (χ0n) is 11.6. The van der Waals surface area contributed by atoms with Crippen molar-refractivity contribution < 1.29 is 9.72 Å². The minimum absolute atomic E-state index is 0.0661. The Morgan fingerprint density at radius 3 is 2.67 bits per heavy atom. The molecular formula is C14H18ClN3O3. The van der Waals surface area contributed by atoms with Gasteiger partial charge in [-0.3, -0.25) is 14.9 Å². The fraction of sp³-hybridized carbons (Fsp3) is 0.500.